The maximum absolute atomic E-state index is 10.7. The lowest BCUT2D eigenvalue weighted by Gasteiger charge is -1.92. The highest BCUT2D eigenvalue weighted by Crippen LogP contribution is 2.19. The molecular weight excluding hydrogens is 162 g/mol. The van der Waals surface area contributed by atoms with Crippen molar-refractivity contribution in [1.82, 2.24) is 0 Å². The zero-order valence-corrected chi connectivity index (χ0v) is 6.77. The summed E-state index contributed by atoms with van der Waals surface area (Å²) >= 11 is 1.24. The molecule has 0 unspecified atom stereocenters. The van der Waals surface area contributed by atoms with Crippen LogP contribution in [-0.4, -0.2) is 12.2 Å². The SMILES string of the molecule is Cc1csc(C=O)c1C(N)=O. The van der Waals surface area contributed by atoms with Crippen LogP contribution >= 0.6 is 11.3 Å². The van der Waals surface area contributed by atoms with E-state index in [0.717, 1.165) is 5.56 Å². The molecule has 0 aliphatic carbocycles. The minimum atomic E-state index is -0.536. The molecule has 1 aromatic rings. The second-order valence-electron chi connectivity index (χ2n) is 2.14. The van der Waals surface area contributed by atoms with Crippen molar-refractivity contribution in [2.24, 2.45) is 5.73 Å². The van der Waals surface area contributed by atoms with E-state index in [0.29, 0.717) is 16.7 Å². The zero-order chi connectivity index (χ0) is 8.43. The lowest BCUT2D eigenvalue weighted by atomic mass is 10.1. The van der Waals surface area contributed by atoms with Crippen molar-refractivity contribution in [2.75, 3.05) is 0 Å². The maximum Gasteiger partial charge on any atom is 0.250 e. The molecule has 0 saturated carbocycles. The standard InChI is InChI=1S/C7H7NO2S/c1-4-3-11-5(2-9)6(4)7(8)10/h2-3H,1H3,(H2,8,10). The quantitative estimate of drug-likeness (QED) is 0.670. The highest BCUT2D eigenvalue weighted by Gasteiger charge is 2.12. The Balaban J connectivity index is 3.28. The number of carbonyl (C=O) groups is 2. The summed E-state index contributed by atoms with van der Waals surface area (Å²) < 4.78 is 0. The fourth-order valence-corrected chi connectivity index (χ4v) is 1.72. The van der Waals surface area contributed by atoms with E-state index in [1.54, 1.807) is 12.3 Å². The Bertz CT molecular complexity index is 303. The van der Waals surface area contributed by atoms with E-state index in [4.69, 9.17) is 5.73 Å². The van der Waals surface area contributed by atoms with Crippen molar-refractivity contribution in [3.63, 3.8) is 0 Å². The van der Waals surface area contributed by atoms with Crippen LogP contribution in [0, 0.1) is 6.92 Å². The van der Waals surface area contributed by atoms with Gasteiger partial charge in [0, 0.05) is 0 Å². The van der Waals surface area contributed by atoms with Crippen LogP contribution in [-0.2, 0) is 0 Å². The molecule has 0 fully saturated rings. The molecule has 11 heavy (non-hydrogen) atoms. The largest absolute Gasteiger partial charge is 0.366 e. The van der Waals surface area contributed by atoms with Crippen LogP contribution in [0.1, 0.15) is 25.6 Å². The fourth-order valence-electron chi connectivity index (χ4n) is 0.867. The topological polar surface area (TPSA) is 60.2 Å². The van der Waals surface area contributed by atoms with Crippen LogP contribution in [0.5, 0.6) is 0 Å². The number of hydrogen-bond acceptors (Lipinski definition) is 3. The molecule has 1 aromatic heterocycles. The lowest BCUT2D eigenvalue weighted by Crippen LogP contribution is -2.12. The Labute approximate surface area is 67.8 Å². The third-order valence-electron chi connectivity index (χ3n) is 1.36. The molecule has 0 aromatic carbocycles. The number of amides is 1. The molecule has 0 spiro atoms. The first-order chi connectivity index (χ1) is 5.16. The summed E-state index contributed by atoms with van der Waals surface area (Å²) in [5.41, 5.74) is 6.16. The molecule has 0 bridgehead atoms. The molecule has 0 atom stereocenters. The molecule has 0 saturated heterocycles. The molecule has 0 radical (unpaired) electrons. The van der Waals surface area contributed by atoms with Gasteiger partial charge in [0.15, 0.2) is 6.29 Å². The smallest absolute Gasteiger partial charge is 0.250 e. The highest BCUT2D eigenvalue weighted by atomic mass is 32.1. The van der Waals surface area contributed by atoms with Crippen molar-refractivity contribution < 1.29 is 9.59 Å². The van der Waals surface area contributed by atoms with Crippen molar-refractivity contribution in [1.29, 1.82) is 0 Å². The van der Waals surface area contributed by atoms with E-state index in [9.17, 15) is 9.59 Å². The van der Waals surface area contributed by atoms with E-state index >= 15 is 0 Å². The normalized spacial score (nSPS) is 9.55. The number of thiophene rings is 1. The van der Waals surface area contributed by atoms with Crippen molar-refractivity contribution >= 4 is 23.5 Å². The predicted octanol–water partition coefficient (Wildman–Crippen LogP) is 0.968. The molecule has 2 N–H and O–H groups in total. The van der Waals surface area contributed by atoms with Gasteiger partial charge in [-0.1, -0.05) is 0 Å². The van der Waals surface area contributed by atoms with Gasteiger partial charge in [0.05, 0.1) is 10.4 Å². The predicted molar refractivity (Wildman–Crippen MR) is 43.0 cm³/mol. The summed E-state index contributed by atoms with van der Waals surface area (Å²) in [6.07, 6.45) is 0.651. The Morgan fingerprint density at radius 2 is 2.36 bits per heavy atom. The molecule has 1 rings (SSSR count). The first-order valence-electron chi connectivity index (χ1n) is 3.00. The zero-order valence-electron chi connectivity index (χ0n) is 5.96. The lowest BCUT2D eigenvalue weighted by molar-refractivity contribution is 0.0993. The number of nitrogens with two attached hydrogens (primary N) is 1. The highest BCUT2D eigenvalue weighted by molar-refractivity contribution is 7.12. The Kier molecular flexibility index (Phi) is 2.05. The first-order valence-corrected chi connectivity index (χ1v) is 3.88. The van der Waals surface area contributed by atoms with Crippen LogP contribution in [0.4, 0.5) is 0 Å². The average Bonchev–Trinajstić information content (AvgIpc) is 2.30. The van der Waals surface area contributed by atoms with Gasteiger partial charge in [-0.2, -0.15) is 0 Å². The summed E-state index contributed by atoms with van der Waals surface area (Å²) in [5.74, 6) is -0.536. The summed E-state index contributed by atoms with van der Waals surface area (Å²) in [6.45, 7) is 1.75. The second-order valence-corrected chi connectivity index (χ2v) is 3.05. The number of hydrogen-bond donors (Lipinski definition) is 1. The van der Waals surface area contributed by atoms with E-state index in [1.807, 2.05) is 0 Å². The molecule has 0 aliphatic heterocycles. The van der Waals surface area contributed by atoms with Gasteiger partial charge in [0.25, 0.3) is 5.91 Å². The van der Waals surface area contributed by atoms with Crippen molar-refractivity contribution in [2.45, 2.75) is 6.92 Å². The number of aldehydes is 1. The van der Waals surface area contributed by atoms with Gasteiger partial charge in [-0.05, 0) is 17.9 Å². The molecule has 3 nitrogen and oxygen atoms in total. The molecule has 1 amide bonds. The molecular formula is C7H7NO2S. The number of carbonyl (C=O) groups excluding carboxylic acids is 2. The Hall–Kier alpha value is -1.16. The summed E-state index contributed by atoms with van der Waals surface area (Å²) in [7, 11) is 0. The third kappa shape index (κ3) is 1.30. The fraction of sp³-hybridized carbons (Fsp3) is 0.143. The van der Waals surface area contributed by atoms with Crippen LogP contribution in [0.3, 0.4) is 0 Å². The van der Waals surface area contributed by atoms with Gasteiger partial charge >= 0.3 is 0 Å². The van der Waals surface area contributed by atoms with Gasteiger partial charge < -0.3 is 5.73 Å². The van der Waals surface area contributed by atoms with Crippen LogP contribution in [0.25, 0.3) is 0 Å². The monoisotopic (exact) mass is 169 g/mol. The molecule has 1 heterocycles. The second kappa shape index (κ2) is 2.84. The molecule has 4 heteroatoms. The van der Waals surface area contributed by atoms with Crippen LogP contribution in [0.15, 0.2) is 5.38 Å². The summed E-state index contributed by atoms with van der Waals surface area (Å²) in [5, 5.41) is 1.74. The minimum absolute atomic E-state index is 0.352. The molecule has 0 aliphatic rings. The number of aryl methyl sites for hydroxylation is 1. The first kappa shape index (κ1) is 7.94. The van der Waals surface area contributed by atoms with E-state index in [1.165, 1.54) is 11.3 Å². The van der Waals surface area contributed by atoms with Crippen LogP contribution < -0.4 is 5.73 Å². The van der Waals surface area contributed by atoms with Crippen molar-refractivity contribution in [3.8, 4) is 0 Å². The van der Waals surface area contributed by atoms with E-state index in [2.05, 4.69) is 0 Å². The Morgan fingerprint density at radius 3 is 2.73 bits per heavy atom. The average molecular weight is 169 g/mol. The van der Waals surface area contributed by atoms with Crippen molar-refractivity contribution in [3.05, 3.63) is 21.4 Å². The van der Waals surface area contributed by atoms with Gasteiger partial charge in [0.2, 0.25) is 0 Å². The maximum atomic E-state index is 10.7. The van der Waals surface area contributed by atoms with Crippen LogP contribution in [0.2, 0.25) is 0 Å². The van der Waals surface area contributed by atoms with Gasteiger partial charge in [-0.15, -0.1) is 11.3 Å². The third-order valence-corrected chi connectivity index (χ3v) is 2.38. The van der Waals surface area contributed by atoms with E-state index < -0.39 is 5.91 Å². The number of primary amides is 1. The number of rotatable bonds is 2. The molecule has 58 valence electrons. The summed E-state index contributed by atoms with van der Waals surface area (Å²) in [6, 6.07) is 0. The van der Waals surface area contributed by atoms with E-state index in [-0.39, 0.29) is 0 Å². The van der Waals surface area contributed by atoms with Gasteiger partial charge in [-0.3, -0.25) is 9.59 Å². The Morgan fingerprint density at radius 1 is 1.73 bits per heavy atom. The van der Waals surface area contributed by atoms with Gasteiger partial charge in [0.1, 0.15) is 0 Å². The minimum Gasteiger partial charge on any atom is -0.366 e. The summed E-state index contributed by atoms with van der Waals surface area (Å²) in [4.78, 5) is 21.5. The van der Waals surface area contributed by atoms with Gasteiger partial charge in [-0.25, -0.2) is 0 Å².